The Morgan fingerprint density at radius 1 is 1.19 bits per heavy atom. The summed E-state index contributed by atoms with van der Waals surface area (Å²) in [6, 6.07) is 2.57. The van der Waals surface area contributed by atoms with Gasteiger partial charge in [0.15, 0.2) is 18.7 Å². The Morgan fingerprint density at radius 2 is 1.92 bits per heavy atom. The van der Waals surface area contributed by atoms with Gasteiger partial charge in [-0.05, 0) is 6.07 Å². The first kappa shape index (κ1) is 27.5. The minimum Gasteiger partial charge on any atom is -0.478 e. The number of aliphatic carboxylic acids is 2. The Bertz CT molecular complexity index is 1020. The monoisotopic (exact) mass is 508 g/mol. The number of pyridine rings is 1. The summed E-state index contributed by atoms with van der Waals surface area (Å²) >= 11 is 0. The number of allylic oxidation sites excluding steroid dienone is 1. The molecule has 0 saturated carbocycles. The molecular weight excluding hydrogens is 478 g/mol. The number of nitrogens with zero attached hydrogens (tertiary/aromatic N) is 1. The van der Waals surface area contributed by atoms with E-state index in [1.807, 2.05) is 0 Å². The van der Waals surface area contributed by atoms with E-state index in [-0.39, 0.29) is 5.57 Å². The molecule has 1 saturated heterocycles. The lowest BCUT2D eigenvalue weighted by molar-refractivity contribution is -0.707. The SMILES string of the molecule is C=C[C@H]1[C@H](O[C@H]2O[C@@H](CO)[C@H](O)[C@@H](O)[C@@H]2O)OC=C(C(=O)O)[C@H]1/C=C/c1ccc[n+]([C@@H](C)C(=O)O)c1. The average Bonchev–Trinajstić information content (AvgIpc) is 2.86. The van der Waals surface area contributed by atoms with Crippen LogP contribution in [0.15, 0.2) is 55.1 Å². The zero-order valence-electron chi connectivity index (χ0n) is 19.4. The van der Waals surface area contributed by atoms with Crippen molar-refractivity contribution in [1.29, 1.82) is 0 Å². The van der Waals surface area contributed by atoms with E-state index in [1.165, 1.54) is 17.6 Å². The predicted molar refractivity (Wildman–Crippen MR) is 121 cm³/mol. The number of ether oxygens (including phenoxy) is 3. The minimum atomic E-state index is -1.67. The van der Waals surface area contributed by atoms with Crippen LogP contribution in [0.5, 0.6) is 0 Å². The van der Waals surface area contributed by atoms with Crippen molar-refractivity contribution in [1.82, 2.24) is 0 Å². The fourth-order valence-corrected chi connectivity index (χ4v) is 4.00. The molecule has 0 radical (unpaired) electrons. The van der Waals surface area contributed by atoms with Crippen LogP contribution < -0.4 is 4.57 Å². The van der Waals surface area contributed by atoms with E-state index in [1.54, 1.807) is 36.7 Å². The molecule has 6 N–H and O–H groups in total. The molecule has 196 valence electrons. The molecule has 2 aliphatic heterocycles. The maximum absolute atomic E-state index is 11.9. The van der Waals surface area contributed by atoms with E-state index in [0.717, 1.165) is 6.26 Å². The van der Waals surface area contributed by atoms with Gasteiger partial charge in [0.25, 0.3) is 6.04 Å². The first-order valence-electron chi connectivity index (χ1n) is 11.2. The van der Waals surface area contributed by atoms with Gasteiger partial charge >= 0.3 is 11.9 Å². The molecule has 0 bridgehead atoms. The Labute approximate surface area is 206 Å². The molecule has 9 atom stereocenters. The van der Waals surface area contributed by atoms with E-state index in [4.69, 9.17) is 14.2 Å². The predicted octanol–water partition coefficient (Wildman–Crippen LogP) is -0.807. The van der Waals surface area contributed by atoms with Crippen molar-refractivity contribution in [2.24, 2.45) is 11.8 Å². The molecule has 3 rings (SSSR count). The number of carbonyl (C=O) groups is 2. The van der Waals surface area contributed by atoms with Gasteiger partial charge in [0.1, 0.15) is 24.4 Å². The lowest BCUT2D eigenvalue weighted by Crippen LogP contribution is -2.60. The van der Waals surface area contributed by atoms with E-state index >= 15 is 0 Å². The number of hydrogen-bond acceptors (Lipinski definition) is 9. The molecule has 1 aromatic heterocycles. The Hall–Kier alpha value is -3.13. The van der Waals surface area contributed by atoms with Crippen LogP contribution in [0, 0.1) is 11.8 Å². The summed E-state index contributed by atoms with van der Waals surface area (Å²) in [6.45, 7) is 4.62. The maximum Gasteiger partial charge on any atom is 0.373 e. The van der Waals surface area contributed by atoms with Crippen molar-refractivity contribution in [3.05, 3.63) is 60.7 Å². The summed E-state index contributed by atoms with van der Waals surface area (Å²) in [7, 11) is 0. The summed E-state index contributed by atoms with van der Waals surface area (Å²) in [5.41, 5.74) is 0.503. The van der Waals surface area contributed by atoms with Crippen molar-refractivity contribution in [3.8, 4) is 0 Å². The number of aromatic nitrogens is 1. The molecule has 12 nitrogen and oxygen atoms in total. The highest BCUT2D eigenvalue weighted by Crippen LogP contribution is 2.36. The van der Waals surface area contributed by atoms with Crippen LogP contribution in [-0.4, -0.2) is 86.2 Å². The summed E-state index contributed by atoms with van der Waals surface area (Å²) in [6.07, 6.45) is 0.0313. The van der Waals surface area contributed by atoms with Crippen molar-refractivity contribution in [2.45, 2.75) is 50.0 Å². The van der Waals surface area contributed by atoms with E-state index < -0.39 is 73.4 Å². The molecule has 36 heavy (non-hydrogen) atoms. The van der Waals surface area contributed by atoms with Gasteiger partial charge in [-0.3, -0.25) is 0 Å². The van der Waals surface area contributed by atoms with E-state index in [9.17, 15) is 40.2 Å². The second-order valence-electron chi connectivity index (χ2n) is 8.51. The maximum atomic E-state index is 11.9. The highest BCUT2D eigenvalue weighted by molar-refractivity contribution is 5.88. The zero-order chi connectivity index (χ0) is 26.6. The molecule has 3 heterocycles. The van der Waals surface area contributed by atoms with Gasteiger partial charge in [-0.1, -0.05) is 18.2 Å². The third-order valence-electron chi connectivity index (χ3n) is 6.20. The van der Waals surface area contributed by atoms with Gasteiger partial charge in [-0.15, -0.1) is 6.58 Å². The molecule has 1 fully saturated rings. The van der Waals surface area contributed by atoms with Crippen LogP contribution >= 0.6 is 0 Å². The van der Waals surface area contributed by atoms with Crippen LogP contribution in [0.2, 0.25) is 0 Å². The van der Waals surface area contributed by atoms with Gasteiger partial charge in [0.05, 0.1) is 24.4 Å². The van der Waals surface area contributed by atoms with Gasteiger partial charge in [-0.2, -0.15) is 4.57 Å². The minimum absolute atomic E-state index is 0.104. The van der Waals surface area contributed by atoms with Crippen LogP contribution in [0.1, 0.15) is 18.5 Å². The zero-order valence-corrected chi connectivity index (χ0v) is 19.4. The Kier molecular flexibility index (Phi) is 8.95. The number of carboxylic acid groups (broad SMARTS) is 2. The smallest absolute Gasteiger partial charge is 0.373 e. The fourth-order valence-electron chi connectivity index (χ4n) is 4.00. The number of carboxylic acids is 2. The highest BCUT2D eigenvalue weighted by atomic mass is 16.8. The normalized spacial score (nSPS) is 33.4. The second kappa shape index (κ2) is 11.7. The van der Waals surface area contributed by atoms with Crippen molar-refractivity contribution >= 4 is 18.0 Å². The first-order chi connectivity index (χ1) is 17.1. The quantitative estimate of drug-likeness (QED) is 0.181. The Balaban J connectivity index is 1.86. The topological polar surface area (TPSA) is 187 Å². The highest BCUT2D eigenvalue weighted by Gasteiger charge is 2.47. The number of hydrogen-bond donors (Lipinski definition) is 6. The molecule has 0 unspecified atom stereocenters. The van der Waals surface area contributed by atoms with Crippen LogP contribution in [-0.2, 0) is 23.8 Å². The lowest BCUT2D eigenvalue weighted by atomic mass is 9.83. The summed E-state index contributed by atoms with van der Waals surface area (Å²) in [4.78, 5) is 23.2. The second-order valence-corrected chi connectivity index (χ2v) is 8.51. The van der Waals surface area contributed by atoms with Crippen molar-refractivity contribution < 1.29 is 59.0 Å². The molecule has 1 aromatic rings. The molecule has 0 spiro atoms. The lowest BCUT2D eigenvalue weighted by Gasteiger charge is -2.42. The largest absolute Gasteiger partial charge is 0.478 e. The molecule has 0 aliphatic carbocycles. The molecule has 12 heteroatoms. The van der Waals surface area contributed by atoms with Crippen LogP contribution in [0.25, 0.3) is 6.08 Å². The van der Waals surface area contributed by atoms with E-state index in [2.05, 4.69) is 6.58 Å². The first-order valence-corrected chi connectivity index (χ1v) is 11.2. The standard InChI is InChI=1S/C24H29NO11/c1-3-14-15(7-6-13-5-4-8-25(9-13)12(2)21(30)31)16(22(32)33)11-34-23(14)36-24-20(29)19(28)18(27)17(10-26)35-24/h3-9,11-12,14-15,17-20,23-24,26-29H,1,10H2,2H3,(H-,30,31,32,33)/p+1/b7-6+/t12-,14+,15-,17-,18-,19+,20-,23-,24+/m0/s1. The van der Waals surface area contributed by atoms with Gasteiger partial charge in [0, 0.05) is 24.5 Å². The number of rotatable bonds is 9. The van der Waals surface area contributed by atoms with Crippen molar-refractivity contribution in [2.75, 3.05) is 6.61 Å². The Morgan fingerprint density at radius 3 is 2.53 bits per heavy atom. The van der Waals surface area contributed by atoms with Gasteiger partial charge in [0.2, 0.25) is 6.29 Å². The summed E-state index contributed by atoms with van der Waals surface area (Å²) < 4.78 is 18.0. The van der Waals surface area contributed by atoms with Crippen LogP contribution in [0.4, 0.5) is 0 Å². The van der Waals surface area contributed by atoms with Gasteiger partial charge < -0.3 is 44.8 Å². The van der Waals surface area contributed by atoms with Crippen molar-refractivity contribution in [3.63, 3.8) is 0 Å². The summed E-state index contributed by atoms with van der Waals surface area (Å²) in [5, 5.41) is 58.6. The molecular formula is C24H30NO11+. The number of aliphatic hydroxyl groups excluding tert-OH is 4. The molecule has 2 aliphatic rings. The van der Waals surface area contributed by atoms with Crippen LogP contribution in [0.3, 0.4) is 0 Å². The number of aliphatic hydroxyl groups is 4. The third kappa shape index (κ3) is 5.81. The van der Waals surface area contributed by atoms with E-state index in [0.29, 0.717) is 5.56 Å². The molecule has 0 amide bonds. The third-order valence-corrected chi connectivity index (χ3v) is 6.20. The van der Waals surface area contributed by atoms with Gasteiger partial charge in [-0.25, -0.2) is 9.59 Å². The fraction of sp³-hybridized carbons (Fsp3) is 0.458. The summed E-state index contributed by atoms with van der Waals surface area (Å²) in [5.74, 6) is -3.86. The average molecular weight is 509 g/mol. The molecule has 0 aromatic carbocycles.